The average Bonchev–Trinajstić information content (AvgIpc) is 2.57. The lowest BCUT2D eigenvalue weighted by molar-refractivity contribution is -0.123. The van der Waals surface area contributed by atoms with Crippen molar-refractivity contribution in [3.05, 3.63) is 52.1 Å². The van der Waals surface area contributed by atoms with E-state index in [-0.39, 0.29) is 10.8 Å². The molecule has 1 aromatic heterocycles. The molecule has 1 atom stereocenters. The first-order valence-electron chi connectivity index (χ1n) is 6.88. The third kappa shape index (κ3) is 4.63. The van der Waals surface area contributed by atoms with Crippen LogP contribution in [0.3, 0.4) is 0 Å². The van der Waals surface area contributed by atoms with Crippen LogP contribution in [-0.4, -0.2) is 29.2 Å². The maximum absolute atomic E-state index is 12.2. The quantitative estimate of drug-likeness (QED) is 0.614. The van der Waals surface area contributed by atoms with Gasteiger partial charge in [-0.05, 0) is 31.4 Å². The summed E-state index contributed by atoms with van der Waals surface area (Å²) in [5.41, 5.74) is 0.410. The molecule has 1 aromatic carbocycles. The Kier molecular flexibility index (Phi) is 6.48. The molecule has 2 aromatic rings. The predicted molar refractivity (Wildman–Crippen MR) is 96.0 cm³/mol. The van der Waals surface area contributed by atoms with Gasteiger partial charge in [-0.1, -0.05) is 35.3 Å². The van der Waals surface area contributed by atoms with E-state index in [1.165, 1.54) is 30.9 Å². The van der Waals surface area contributed by atoms with Gasteiger partial charge in [0.15, 0.2) is 11.9 Å². The van der Waals surface area contributed by atoms with Crippen molar-refractivity contribution in [2.45, 2.75) is 17.9 Å². The first kappa shape index (κ1) is 18.6. The molecule has 1 N–H and O–H groups in total. The molecule has 0 saturated heterocycles. The Balaban J connectivity index is 2.04. The van der Waals surface area contributed by atoms with E-state index in [2.05, 4.69) is 10.3 Å². The molecule has 0 aliphatic rings. The Morgan fingerprint density at radius 1 is 1.29 bits per heavy atom. The number of amides is 1. The summed E-state index contributed by atoms with van der Waals surface area (Å²) in [6.07, 6.45) is 2.20. The number of thioether (sulfide) groups is 1. The second-order valence-electron chi connectivity index (χ2n) is 4.72. The lowest BCUT2D eigenvalue weighted by Gasteiger charge is -2.14. The fraction of sp³-hybridized carbons (Fsp3) is 0.188. The maximum Gasteiger partial charge on any atom is 0.340 e. The zero-order chi connectivity index (χ0) is 17.7. The Morgan fingerprint density at radius 2 is 2.00 bits per heavy atom. The minimum Gasteiger partial charge on any atom is -0.449 e. The van der Waals surface area contributed by atoms with Crippen molar-refractivity contribution in [3.8, 4) is 0 Å². The molecule has 0 spiro atoms. The number of pyridine rings is 1. The van der Waals surface area contributed by atoms with Gasteiger partial charge >= 0.3 is 5.97 Å². The Hall–Kier alpha value is -1.76. The first-order chi connectivity index (χ1) is 11.4. The predicted octanol–water partition coefficient (Wildman–Crippen LogP) is 4.29. The third-order valence-electron chi connectivity index (χ3n) is 3.03. The van der Waals surface area contributed by atoms with Crippen LogP contribution in [0.15, 0.2) is 41.4 Å². The van der Waals surface area contributed by atoms with Gasteiger partial charge in [0, 0.05) is 11.1 Å². The van der Waals surface area contributed by atoms with Crippen molar-refractivity contribution < 1.29 is 14.3 Å². The van der Waals surface area contributed by atoms with E-state index in [4.69, 9.17) is 27.9 Å². The molecule has 0 aliphatic heterocycles. The van der Waals surface area contributed by atoms with Crippen LogP contribution >= 0.6 is 35.0 Å². The molecule has 0 aliphatic carbocycles. The Labute approximate surface area is 153 Å². The third-order valence-corrected chi connectivity index (χ3v) is 4.32. The van der Waals surface area contributed by atoms with Crippen molar-refractivity contribution in [2.24, 2.45) is 0 Å². The highest BCUT2D eigenvalue weighted by atomic mass is 35.5. The highest BCUT2D eigenvalue weighted by Gasteiger charge is 2.21. The minimum atomic E-state index is -1.01. The van der Waals surface area contributed by atoms with E-state index >= 15 is 0 Å². The van der Waals surface area contributed by atoms with Crippen LogP contribution in [0.4, 0.5) is 5.82 Å². The van der Waals surface area contributed by atoms with Gasteiger partial charge in [-0.2, -0.15) is 0 Å². The molecule has 0 unspecified atom stereocenters. The van der Waals surface area contributed by atoms with Crippen LogP contribution in [0.25, 0.3) is 0 Å². The van der Waals surface area contributed by atoms with Gasteiger partial charge in [0.2, 0.25) is 0 Å². The summed E-state index contributed by atoms with van der Waals surface area (Å²) in [5.74, 6) is -0.960. The molecular weight excluding hydrogens is 371 g/mol. The zero-order valence-electron chi connectivity index (χ0n) is 12.9. The molecule has 1 heterocycles. The van der Waals surface area contributed by atoms with Crippen LogP contribution in [0.5, 0.6) is 0 Å². The zero-order valence-corrected chi connectivity index (χ0v) is 15.2. The maximum atomic E-state index is 12.2. The monoisotopic (exact) mass is 384 g/mol. The number of hydrogen-bond donors (Lipinski definition) is 1. The van der Waals surface area contributed by atoms with Crippen molar-refractivity contribution in [1.29, 1.82) is 0 Å². The first-order valence-corrected chi connectivity index (χ1v) is 8.86. The van der Waals surface area contributed by atoms with E-state index in [1.807, 2.05) is 18.4 Å². The average molecular weight is 385 g/mol. The van der Waals surface area contributed by atoms with E-state index < -0.39 is 18.0 Å². The summed E-state index contributed by atoms with van der Waals surface area (Å²) in [6, 6.07) is 8.47. The molecule has 2 rings (SSSR count). The fourth-order valence-electron chi connectivity index (χ4n) is 1.82. The number of nitrogens with zero attached hydrogens (tertiary/aromatic N) is 1. The van der Waals surface area contributed by atoms with Crippen LogP contribution in [0, 0.1) is 0 Å². The number of ether oxygens (including phenoxy) is 1. The molecule has 5 nitrogen and oxygen atoms in total. The van der Waals surface area contributed by atoms with Gasteiger partial charge in [0.1, 0.15) is 0 Å². The lowest BCUT2D eigenvalue weighted by Crippen LogP contribution is -2.30. The van der Waals surface area contributed by atoms with Crippen LogP contribution in [0.1, 0.15) is 17.3 Å². The van der Waals surface area contributed by atoms with Gasteiger partial charge in [-0.3, -0.25) is 4.79 Å². The summed E-state index contributed by atoms with van der Waals surface area (Å²) in [5, 5.41) is 3.05. The molecule has 0 radical (unpaired) electrons. The molecule has 8 heteroatoms. The molecule has 0 fully saturated rings. The number of hydrogen-bond acceptors (Lipinski definition) is 5. The highest BCUT2D eigenvalue weighted by molar-refractivity contribution is 7.98. The van der Waals surface area contributed by atoms with E-state index in [9.17, 15) is 9.59 Å². The fourth-order valence-corrected chi connectivity index (χ4v) is 2.83. The number of benzene rings is 1. The van der Waals surface area contributed by atoms with Crippen molar-refractivity contribution in [2.75, 3.05) is 11.6 Å². The van der Waals surface area contributed by atoms with Crippen LogP contribution in [-0.2, 0) is 9.53 Å². The smallest absolute Gasteiger partial charge is 0.340 e. The SMILES string of the molecule is CSc1ccccc1C(=O)O[C@H](C)C(=O)Nc1ncc(Cl)cc1Cl. The second-order valence-corrected chi connectivity index (χ2v) is 6.41. The number of nitrogens with one attached hydrogen (secondary N) is 1. The summed E-state index contributed by atoms with van der Waals surface area (Å²) in [7, 11) is 0. The molecule has 126 valence electrons. The normalized spacial score (nSPS) is 11.7. The number of carbonyl (C=O) groups is 2. The largest absolute Gasteiger partial charge is 0.449 e. The number of carbonyl (C=O) groups excluding carboxylic acids is 2. The van der Waals surface area contributed by atoms with Crippen molar-refractivity contribution in [3.63, 3.8) is 0 Å². The highest BCUT2D eigenvalue weighted by Crippen LogP contribution is 2.23. The van der Waals surface area contributed by atoms with Gasteiger partial charge in [0.05, 0.1) is 15.6 Å². The van der Waals surface area contributed by atoms with E-state index in [0.29, 0.717) is 10.6 Å². The minimum absolute atomic E-state index is 0.151. The molecule has 0 bridgehead atoms. The Bertz CT molecular complexity index is 771. The molecular formula is C16H14Cl2N2O3S. The summed E-state index contributed by atoms with van der Waals surface area (Å²) in [6.45, 7) is 1.47. The molecule has 1 amide bonds. The second kappa shape index (κ2) is 8.37. The van der Waals surface area contributed by atoms with Crippen LogP contribution in [0.2, 0.25) is 10.0 Å². The number of rotatable bonds is 5. The van der Waals surface area contributed by atoms with Crippen LogP contribution < -0.4 is 5.32 Å². The van der Waals surface area contributed by atoms with Gasteiger partial charge in [0.25, 0.3) is 5.91 Å². The van der Waals surface area contributed by atoms with E-state index in [1.54, 1.807) is 12.1 Å². The number of aromatic nitrogens is 1. The van der Waals surface area contributed by atoms with Gasteiger partial charge < -0.3 is 10.1 Å². The van der Waals surface area contributed by atoms with Gasteiger partial charge in [-0.15, -0.1) is 11.8 Å². The number of esters is 1. The molecule has 0 saturated carbocycles. The van der Waals surface area contributed by atoms with E-state index in [0.717, 1.165) is 4.90 Å². The summed E-state index contributed by atoms with van der Waals surface area (Å²) in [4.78, 5) is 29.1. The summed E-state index contributed by atoms with van der Waals surface area (Å²) < 4.78 is 5.22. The molecule has 24 heavy (non-hydrogen) atoms. The Morgan fingerprint density at radius 3 is 2.67 bits per heavy atom. The topological polar surface area (TPSA) is 68.3 Å². The van der Waals surface area contributed by atoms with Crippen molar-refractivity contribution >= 4 is 52.7 Å². The lowest BCUT2D eigenvalue weighted by atomic mass is 10.2. The standard InChI is InChI=1S/C16H14Cl2N2O3S/c1-9(15(21)20-14-12(18)7-10(17)8-19-14)23-16(22)11-5-3-4-6-13(11)24-2/h3-9H,1-2H3,(H,19,20,21)/t9-/m1/s1. The van der Waals surface area contributed by atoms with Crippen molar-refractivity contribution in [1.82, 2.24) is 4.98 Å². The number of halogens is 2. The number of anilines is 1. The summed E-state index contributed by atoms with van der Waals surface area (Å²) >= 11 is 13.1. The van der Waals surface area contributed by atoms with Gasteiger partial charge in [-0.25, -0.2) is 9.78 Å².